The second kappa shape index (κ2) is 46.6. The van der Waals surface area contributed by atoms with Crippen molar-refractivity contribution in [3.63, 3.8) is 0 Å². The molecule has 0 atom stereocenters. The van der Waals surface area contributed by atoms with Gasteiger partial charge in [0.1, 0.15) is 36.2 Å². The highest BCUT2D eigenvalue weighted by atomic mass is 16.6. The molecule has 4 aromatic carbocycles. The van der Waals surface area contributed by atoms with Crippen molar-refractivity contribution in [2.45, 2.75) is 110 Å². The van der Waals surface area contributed by atoms with E-state index in [0.29, 0.717) is 66.1 Å². The Kier molecular flexibility index (Phi) is 38.6. The third-order valence-electron chi connectivity index (χ3n) is 13.7. The number of hydrogen-bond acceptors (Lipinski definition) is 18. The first-order valence-electron chi connectivity index (χ1n) is 31.9. The first-order chi connectivity index (χ1) is 45.1. The van der Waals surface area contributed by atoms with E-state index in [-0.39, 0.29) is 114 Å². The van der Waals surface area contributed by atoms with E-state index in [1.54, 1.807) is 38.5 Å². The maximum atomic E-state index is 13.8. The number of carbonyl (C=O) groups is 8. The monoisotopic (exact) mass is 1300 g/mol. The van der Waals surface area contributed by atoms with Crippen LogP contribution in [0.5, 0.6) is 23.0 Å². The Morgan fingerprint density at radius 2 is 0.710 bits per heavy atom. The summed E-state index contributed by atoms with van der Waals surface area (Å²) in [7, 11) is 3.17. The number of benzene rings is 4. The predicted molar refractivity (Wildman–Crippen MR) is 352 cm³/mol. The molecule has 10 N–H and O–H groups in total. The number of nitrogens with two attached hydrogens (primary N) is 2. The van der Waals surface area contributed by atoms with E-state index >= 15 is 0 Å². The van der Waals surface area contributed by atoms with Crippen molar-refractivity contribution in [2.24, 2.45) is 11.5 Å². The predicted octanol–water partition coefficient (Wildman–Crippen LogP) is 7.96. The van der Waals surface area contributed by atoms with Crippen molar-refractivity contribution < 1.29 is 85.7 Å². The van der Waals surface area contributed by atoms with Crippen LogP contribution in [0.2, 0.25) is 0 Å². The molecule has 0 fully saturated rings. The Labute approximate surface area is 545 Å². The van der Waals surface area contributed by atoms with Crippen LogP contribution in [0.4, 0.5) is 22.7 Å². The number of ether oxygens (including phenoxy) is 10. The van der Waals surface area contributed by atoms with Gasteiger partial charge in [-0.1, -0.05) is 78.1 Å². The summed E-state index contributed by atoms with van der Waals surface area (Å²) in [6.45, 7) is 7.90. The summed E-state index contributed by atoms with van der Waals surface area (Å²) in [6, 6.07) is 17.8. The van der Waals surface area contributed by atoms with E-state index in [9.17, 15) is 38.4 Å². The van der Waals surface area contributed by atoms with Gasteiger partial charge in [0.2, 0.25) is 35.4 Å². The SMILES string of the molecule is CCCCCCCCOc1ccc(NC(=O)CCCC(=O)Nc2ccc(OCCCCCCCC)c(C(=O)NCC(=O)Nc3cc(OCCOCCOCCOC)cc(C(N)=O)c3)c2)cc1C(=O)NCC(=O)Nc1cc(OCCOCCOCCOC)cc(C(N)=O)c1. The van der Waals surface area contributed by atoms with Crippen LogP contribution in [0.3, 0.4) is 0 Å². The number of carbonyl (C=O) groups excluding carboxylic acids is 8. The van der Waals surface area contributed by atoms with Crippen molar-refractivity contribution in [3.8, 4) is 23.0 Å². The molecule has 4 aromatic rings. The lowest BCUT2D eigenvalue weighted by molar-refractivity contribution is -0.118. The van der Waals surface area contributed by atoms with Gasteiger partial charge in [0.25, 0.3) is 11.8 Å². The molecule has 0 aromatic heterocycles. The summed E-state index contributed by atoms with van der Waals surface area (Å²) in [5.74, 6) is -4.04. The highest BCUT2D eigenvalue weighted by Crippen LogP contribution is 2.27. The van der Waals surface area contributed by atoms with Crippen LogP contribution >= 0.6 is 0 Å². The number of methoxy groups -OCH3 is 2. The van der Waals surface area contributed by atoms with Gasteiger partial charge in [-0.3, -0.25) is 38.4 Å². The van der Waals surface area contributed by atoms with E-state index in [2.05, 4.69) is 45.7 Å². The lowest BCUT2D eigenvalue weighted by Gasteiger charge is -2.15. The molecule has 93 heavy (non-hydrogen) atoms. The molecule has 26 nitrogen and oxygen atoms in total. The first kappa shape index (κ1) is 77.1. The number of rotatable bonds is 52. The van der Waals surface area contributed by atoms with E-state index in [4.69, 9.17) is 58.8 Å². The van der Waals surface area contributed by atoms with Crippen LogP contribution in [-0.4, -0.2) is 167 Å². The third-order valence-corrected chi connectivity index (χ3v) is 13.7. The second-order valence-corrected chi connectivity index (χ2v) is 21.4. The molecule has 0 heterocycles. The zero-order valence-electron chi connectivity index (χ0n) is 54.4. The van der Waals surface area contributed by atoms with E-state index in [0.717, 1.165) is 77.0 Å². The van der Waals surface area contributed by atoms with Crippen LogP contribution in [0.25, 0.3) is 0 Å². The van der Waals surface area contributed by atoms with Gasteiger partial charge in [-0.25, -0.2) is 0 Å². The molecule has 0 bridgehead atoms. The Morgan fingerprint density at radius 3 is 1.09 bits per heavy atom. The van der Waals surface area contributed by atoms with Crippen LogP contribution in [0.1, 0.15) is 152 Å². The summed E-state index contributed by atoms with van der Waals surface area (Å²) in [5, 5.41) is 16.1. The smallest absolute Gasteiger partial charge is 0.255 e. The minimum absolute atomic E-state index is 0.0545. The molecule has 4 rings (SSSR count). The summed E-state index contributed by atoms with van der Waals surface area (Å²) in [5.41, 5.74) is 12.3. The molecule has 0 saturated carbocycles. The van der Waals surface area contributed by atoms with Crippen LogP contribution in [0.15, 0.2) is 72.8 Å². The zero-order chi connectivity index (χ0) is 67.3. The zero-order valence-corrected chi connectivity index (χ0v) is 54.4. The number of unbranched alkanes of at least 4 members (excludes halogenated alkanes) is 10. The highest BCUT2D eigenvalue weighted by Gasteiger charge is 2.20. The largest absolute Gasteiger partial charge is 0.493 e. The number of nitrogens with one attached hydrogen (secondary N) is 6. The van der Waals surface area contributed by atoms with Crippen molar-refractivity contribution in [1.82, 2.24) is 10.6 Å². The fraction of sp³-hybridized carbons (Fsp3) is 0.522. The van der Waals surface area contributed by atoms with Crippen molar-refractivity contribution >= 4 is 70.0 Å². The normalized spacial score (nSPS) is 10.9. The molecular formula is C67H96N8O18. The standard InChI is InChI=1S/C67H96N8O18/c1-5-7-9-11-13-15-24-92-58-22-20-50(44-56(58)66(82)70-46-62(78)74-52-38-48(64(68)80)40-54(42-52)90-36-34-88-32-30-86-28-26-84-3)72-60(76)18-17-19-61(77)73-51-21-23-59(93-25-16-14-12-10-8-6-2)57(45-51)67(83)71-47-63(79)75-53-39-49(65(69)81)41-55(43-53)91-37-35-89-33-31-87-29-27-85-4/h20-23,38-45H,5-19,24-37,46-47H2,1-4H3,(H2,68,80)(H2,69,81)(H,70,82)(H,71,83)(H,72,76)(H,73,77)(H,74,78)(H,75,79). The minimum Gasteiger partial charge on any atom is -0.493 e. The fourth-order valence-electron chi connectivity index (χ4n) is 8.89. The summed E-state index contributed by atoms with van der Waals surface area (Å²) in [4.78, 5) is 105. The second-order valence-electron chi connectivity index (χ2n) is 21.4. The Hall–Kier alpha value is -8.40. The highest BCUT2D eigenvalue weighted by molar-refractivity contribution is 6.04. The number of anilines is 4. The molecular weight excluding hydrogens is 1200 g/mol. The number of primary amides is 2. The van der Waals surface area contributed by atoms with Crippen LogP contribution < -0.4 is 62.3 Å². The molecule has 8 amide bonds. The van der Waals surface area contributed by atoms with Gasteiger partial charge in [0, 0.05) is 73.1 Å². The topological polar surface area (TPSA) is 353 Å². The lowest BCUT2D eigenvalue weighted by atomic mass is 10.1. The van der Waals surface area contributed by atoms with Crippen LogP contribution in [-0.2, 0) is 47.6 Å². The minimum atomic E-state index is -0.753. The summed E-state index contributed by atoms with van der Waals surface area (Å²) >= 11 is 0. The first-order valence-corrected chi connectivity index (χ1v) is 31.9. The molecule has 0 saturated heterocycles. The van der Waals surface area contributed by atoms with Gasteiger partial charge in [-0.15, -0.1) is 0 Å². The molecule has 0 aliphatic rings. The maximum Gasteiger partial charge on any atom is 0.255 e. The van der Waals surface area contributed by atoms with Gasteiger partial charge < -0.3 is 90.7 Å². The van der Waals surface area contributed by atoms with Crippen molar-refractivity contribution in [1.29, 1.82) is 0 Å². The molecule has 0 spiro atoms. The number of hydrogen-bond donors (Lipinski definition) is 8. The molecule has 0 radical (unpaired) electrons. The Morgan fingerprint density at radius 1 is 0.355 bits per heavy atom. The summed E-state index contributed by atoms with van der Waals surface area (Å²) in [6.07, 6.45) is 12.1. The molecule has 0 aliphatic heterocycles. The lowest BCUT2D eigenvalue weighted by Crippen LogP contribution is -2.33. The average molecular weight is 1300 g/mol. The molecule has 26 heteroatoms. The van der Waals surface area contributed by atoms with Gasteiger partial charge >= 0.3 is 0 Å². The molecule has 0 aliphatic carbocycles. The maximum absolute atomic E-state index is 13.8. The fourth-order valence-corrected chi connectivity index (χ4v) is 8.89. The Balaban J connectivity index is 1.36. The van der Waals surface area contributed by atoms with Crippen molar-refractivity contribution in [2.75, 3.05) is 141 Å². The van der Waals surface area contributed by atoms with Gasteiger partial charge in [-0.2, -0.15) is 0 Å². The van der Waals surface area contributed by atoms with E-state index in [1.165, 1.54) is 48.5 Å². The molecule has 512 valence electrons. The van der Waals surface area contributed by atoms with Gasteiger partial charge in [-0.05, 0) is 79.9 Å². The molecule has 0 unspecified atom stereocenters. The van der Waals surface area contributed by atoms with Gasteiger partial charge in [0.15, 0.2) is 0 Å². The average Bonchev–Trinajstić information content (AvgIpc) is 1.06. The quantitative estimate of drug-likeness (QED) is 0.0194. The number of amides is 8. The third kappa shape index (κ3) is 33.1. The summed E-state index contributed by atoms with van der Waals surface area (Å²) < 4.78 is 55.3. The van der Waals surface area contributed by atoms with E-state index < -0.39 is 60.3 Å². The van der Waals surface area contributed by atoms with E-state index in [1.807, 2.05) is 0 Å². The van der Waals surface area contributed by atoms with Crippen LogP contribution in [0, 0.1) is 0 Å². The van der Waals surface area contributed by atoms with Gasteiger partial charge in [0.05, 0.1) is 103 Å². The Bertz CT molecular complexity index is 2750. The van der Waals surface area contributed by atoms with Crippen molar-refractivity contribution in [3.05, 3.63) is 95.1 Å².